The highest BCUT2D eigenvalue weighted by Gasteiger charge is 2.21. The SMILES string of the molecule is CC=CC(=O)N1CCC(NC(=O)CC)CC1. The highest BCUT2D eigenvalue weighted by molar-refractivity contribution is 5.87. The van der Waals surface area contributed by atoms with Gasteiger partial charge >= 0.3 is 0 Å². The number of carbonyl (C=O) groups is 2. The molecule has 1 N–H and O–H groups in total. The standard InChI is InChI=1S/C12H20N2O2/c1-3-5-12(16)14-8-6-10(7-9-14)13-11(15)4-2/h3,5,10H,4,6-9H2,1-2H3,(H,13,15). The quantitative estimate of drug-likeness (QED) is 0.729. The largest absolute Gasteiger partial charge is 0.353 e. The van der Waals surface area contributed by atoms with E-state index in [2.05, 4.69) is 5.32 Å². The van der Waals surface area contributed by atoms with Crippen LogP contribution in [0.15, 0.2) is 12.2 Å². The van der Waals surface area contributed by atoms with Gasteiger partial charge < -0.3 is 10.2 Å². The first-order valence-corrected chi connectivity index (χ1v) is 5.88. The van der Waals surface area contributed by atoms with Gasteiger partial charge in [0, 0.05) is 25.6 Å². The maximum Gasteiger partial charge on any atom is 0.246 e. The highest BCUT2D eigenvalue weighted by atomic mass is 16.2. The maximum absolute atomic E-state index is 11.5. The van der Waals surface area contributed by atoms with Crippen molar-refractivity contribution in [3.8, 4) is 0 Å². The van der Waals surface area contributed by atoms with Crippen LogP contribution in [-0.2, 0) is 9.59 Å². The zero-order chi connectivity index (χ0) is 12.0. The average molecular weight is 224 g/mol. The molecule has 1 saturated heterocycles. The van der Waals surface area contributed by atoms with Crippen molar-refractivity contribution in [2.45, 2.75) is 39.2 Å². The Morgan fingerprint density at radius 2 is 2.00 bits per heavy atom. The molecule has 90 valence electrons. The third-order valence-electron chi connectivity index (χ3n) is 2.80. The van der Waals surface area contributed by atoms with Gasteiger partial charge in [0.05, 0.1) is 0 Å². The molecule has 16 heavy (non-hydrogen) atoms. The number of hydrogen-bond acceptors (Lipinski definition) is 2. The number of allylic oxidation sites excluding steroid dienone is 1. The van der Waals surface area contributed by atoms with Crippen molar-refractivity contribution in [3.05, 3.63) is 12.2 Å². The smallest absolute Gasteiger partial charge is 0.246 e. The second-order valence-electron chi connectivity index (χ2n) is 4.02. The molecule has 1 fully saturated rings. The summed E-state index contributed by atoms with van der Waals surface area (Å²) in [4.78, 5) is 24.6. The number of piperidine rings is 1. The average Bonchev–Trinajstić information content (AvgIpc) is 2.30. The van der Waals surface area contributed by atoms with Crippen LogP contribution in [-0.4, -0.2) is 35.8 Å². The first-order chi connectivity index (χ1) is 7.67. The van der Waals surface area contributed by atoms with Crippen molar-refractivity contribution in [2.75, 3.05) is 13.1 Å². The fraction of sp³-hybridized carbons (Fsp3) is 0.667. The van der Waals surface area contributed by atoms with E-state index in [1.807, 2.05) is 18.7 Å². The molecule has 1 aliphatic rings. The number of hydrogen-bond donors (Lipinski definition) is 1. The Labute approximate surface area is 96.7 Å². The number of amides is 2. The summed E-state index contributed by atoms with van der Waals surface area (Å²) in [6.07, 6.45) is 5.58. The molecular weight excluding hydrogens is 204 g/mol. The Hall–Kier alpha value is -1.32. The third-order valence-corrected chi connectivity index (χ3v) is 2.80. The zero-order valence-corrected chi connectivity index (χ0v) is 10.0. The lowest BCUT2D eigenvalue weighted by Crippen LogP contribution is -2.46. The van der Waals surface area contributed by atoms with Crippen LogP contribution in [0.4, 0.5) is 0 Å². The second-order valence-corrected chi connectivity index (χ2v) is 4.02. The molecule has 0 aromatic heterocycles. The van der Waals surface area contributed by atoms with Gasteiger partial charge in [0.1, 0.15) is 0 Å². The molecule has 0 spiro atoms. The molecule has 1 rings (SSSR count). The Morgan fingerprint density at radius 1 is 1.38 bits per heavy atom. The Kier molecular flexibility index (Phi) is 5.02. The van der Waals surface area contributed by atoms with Gasteiger partial charge in [0.15, 0.2) is 0 Å². The fourth-order valence-electron chi connectivity index (χ4n) is 1.82. The summed E-state index contributed by atoms with van der Waals surface area (Å²) in [7, 11) is 0. The predicted molar refractivity (Wildman–Crippen MR) is 62.8 cm³/mol. The van der Waals surface area contributed by atoms with Gasteiger partial charge in [-0.05, 0) is 25.8 Å². The summed E-state index contributed by atoms with van der Waals surface area (Å²) in [6.45, 7) is 5.15. The summed E-state index contributed by atoms with van der Waals surface area (Å²) >= 11 is 0. The van der Waals surface area contributed by atoms with Crippen LogP contribution in [0.25, 0.3) is 0 Å². The lowest BCUT2D eigenvalue weighted by atomic mass is 10.0. The van der Waals surface area contributed by atoms with Gasteiger partial charge in [0.25, 0.3) is 0 Å². The van der Waals surface area contributed by atoms with Crippen molar-refractivity contribution in [1.82, 2.24) is 10.2 Å². The third kappa shape index (κ3) is 3.68. The number of nitrogens with zero attached hydrogens (tertiary/aromatic N) is 1. The van der Waals surface area contributed by atoms with E-state index in [-0.39, 0.29) is 17.9 Å². The lowest BCUT2D eigenvalue weighted by molar-refractivity contribution is -0.127. The molecule has 4 heteroatoms. The summed E-state index contributed by atoms with van der Waals surface area (Å²) < 4.78 is 0. The van der Waals surface area contributed by atoms with Crippen LogP contribution < -0.4 is 5.32 Å². The summed E-state index contributed by atoms with van der Waals surface area (Å²) in [5, 5.41) is 2.97. The number of likely N-dealkylation sites (tertiary alicyclic amines) is 1. The van der Waals surface area contributed by atoms with E-state index in [1.54, 1.807) is 12.2 Å². The van der Waals surface area contributed by atoms with Gasteiger partial charge in [-0.2, -0.15) is 0 Å². The second kappa shape index (κ2) is 6.30. The van der Waals surface area contributed by atoms with Gasteiger partial charge in [0.2, 0.25) is 11.8 Å². The minimum atomic E-state index is 0.0720. The predicted octanol–water partition coefficient (Wildman–Crippen LogP) is 1.08. The van der Waals surface area contributed by atoms with Crippen LogP contribution in [0.1, 0.15) is 33.1 Å². The number of rotatable bonds is 3. The highest BCUT2D eigenvalue weighted by Crippen LogP contribution is 2.10. The maximum atomic E-state index is 11.5. The number of nitrogens with one attached hydrogen (secondary N) is 1. The van der Waals surface area contributed by atoms with Crippen molar-refractivity contribution >= 4 is 11.8 Å². The van der Waals surface area contributed by atoms with Crippen LogP contribution in [0.5, 0.6) is 0 Å². The zero-order valence-electron chi connectivity index (χ0n) is 10.0. The first-order valence-electron chi connectivity index (χ1n) is 5.88. The molecule has 0 aromatic rings. The Bertz CT molecular complexity index is 279. The van der Waals surface area contributed by atoms with Crippen molar-refractivity contribution in [2.24, 2.45) is 0 Å². The molecule has 4 nitrogen and oxygen atoms in total. The van der Waals surface area contributed by atoms with E-state index < -0.39 is 0 Å². The van der Waals surface area contributed by atoms with Crippen LogP contribution in [0.3, 0.4) is 0 Å². The molecule has 1 heterocycles. The van der Waals surface area contributed by atoms with Crippen molar-refractivity contribution in [1.29, 1.82) is 0 Å². The van der Waals surface area contributed by atoms with Gasteiger partial charge in [-0.1, -0.05) is 13.0 Å². The topological polar surface area (TPSA) is 49.4 Å². The normalized spacial score (nSPS) is 17.8. The van der Waals surface area contributed by atoms with Crippen LogP contribution in [0.2, 0.25) is 0 Å². The summed E-state index contributed by atoms with van der Waals surface area (Å²) in [5.41, 5.74) is 0. The van der Waals surface area contributed by atoms with Gasteiger partial charge in [-0.25, -0.2) is 0 Å². The lowest BCUT2D eigenvalue weighted by Gasteiger charge is -2.31. The van der Waals surface area contributed by atoms with Crippen LogP contribution >= 0.6 is 0 Å². The van der Waals surface area contributed by atoms with E-state index in [0.29, 0.717) is 6.42 Å². The Morgan fingerprint density at radius 3 is 2.50 bits per heavy atom. The molecule has 0 bridgehead atoms. The molecule has 0 aliphatic carbocycles. The minimum absolute atomic E-state index is 0.0720. The van der Waals surface area contributed by atoms with E-state index in [4.69, 9.17) is 0 Å². The van der Waals surface area contributed by atoms with E-state index >= 15 is 0 Å². The first kappa shape index (κ1) is 12.7. The van der Waals surface area contributed by atoms with E-state index in [9.17, 15) is 9.59 Å². The molecule has 0 atom stereocenters. The van der Waals surface area contributed by atoms with E-state index in [0.717, 1.165) is 25.9 Å². The van der Waals surface area contributed by atoms with Crippen LogP contribution in [0, 0.1) is 0 Å². The molecule has 1 aliphatic heterocycles. The summed E-state index contributed by atoms with van der Waals surface area (Å²) in [6, 6.07) is 0.238. The molecular formula is C12H20N2O2. The molecule has 0 aromatic carbocycles. The molecule has 0 radical (unpaired) electrons. The van der Waals surface area contributed by atoms with Crippen molar-refractivity contribution < 1.29 is 9.59 Å². The Balaban J connectivity index is 2.33. The van der Waals surface area contributed by atoms with E-state index in [1.165, 1.54) is 0 Å². The molecule has 0 unspecified atom stereocenters. The van der Waals surface area contributed by atoms with Gasteiger partial charge in [-0.3, -0.25) is 9.59 Å². The van der Waals surface area contributed by atoms with Crippen molar-refractivity contribution in [3.63, 3.8) is 0 Å². The summed E-state index contributed by atoms with van der Waals surface area (Å²) in [5.74, 6) is 0.168. The fourth-order valence-corrected chi connectivity index (χ4v) is 1.82. The monoisotopic (exact) mass is 224 g/mol. The molecule has 0 saturated carbocycles. The minimum Gasteiger partial charge on any atom is -0.353 e. The molecule has 2 amide bonds. The van der Waals surface area contributed by atoms with Gasteiger partial charge in [-0.15, -0.1) is 0 Å². The number of carbonyl (C=O) groups excluding carboxylic acids is 2.